The van der Waals surface area contributed by atoms with Gasteiger partial charge in [-0.05, 0) is 35.0 Å². The molecule has 5 rings (SSSR count). The van der Waals surface area contributed by atoms with Crippen LogP contribution < -0.4 is 122 Å². The maximum Gasteiger partial charge on any atom is 1.00 e. The van der Waals surface area contributed by atoms with Gasteiger partial charge >= 0.3 is 103 Å². The molecule has 0 atom stereocenters. The maximum atomic E-state index is 11.4. The van der Waals surface area contributed by atoms with Gasteiger partial charge in [-0.15, -0.1) is 0 Å². The summed E-state index contributed by atoms with van der Waals surface area (Å²) in [6.45, 7) is 0. The van der Waals surface area contributed by atoms with Crippen LogP contribution in [0.15, 0.2) is 91.0 Å². The number of carboxylic acids is 2. The van der Waals surface area contributed by atoms with Crippen LogP contribution in [-0.2, 0) is 0 Å². The van der Waals surface area contributed by atoms with Crippen molar-refractivity contribution in [3.8, 4) is 23.3 Å². The fourth-order valence-electron chi connectivity index (χ4n) is 3.81. The second kappa shape index (κ2) is 12.7. The van der Waals surface area contributed by atoms with E-state index in [1.165, 1.54) is 12.1 Å². The number of nitrogens with zero attached hydrogens (tertiary/aromatic N) is 1. The van der Waals surface area contributed by atoms with Crippen LogP contribution in [0.25, 0.3) is 21.5 Å². The zero-order chi connectivity index (χ0) is 23.7. The molecule has 0 bridgehead atoms. The molecule has 1 heterocycles. The van der Waals surface area contributed by atoms with Gasteiger partial charge in [-0.25, -0.2) is 0 Å². The van der Waals surface area contributed by atoms with Crippen LogP contribution in [0.5, 0.6) is 23.3 Å². The Hall–Kier alpha value is -1.64. The number of carbonyl (C=O) groups excluding carboxylic acids is 2. The fraction of sp³-hybridized carbons (Fsp3) is 0. The average Bonchev–Trinajstić information content (AvgIpc) is 2.84. The minimum absolute atomic E-state index is 0. The van der Waals surface area contributed by atoms with E-state index < -0.39 is 11.9 Å². The number of aromatic carboxylic acids is 2. The number of fused-ring (bicyclic) bond motifs is 2. The van der Waals surface area contributed by atoms with Crippen molar-refractivity contribution in [2.24, 2.45) is 0 Å². The molecule has 4 aromatic carbocycles. The van der Waals surface area contributed by atoms with Gasteiger partial charge in [0.05, 0.1) is 11.9 Å². The molecule has 0 aliphatic carbocycles. The van der Waals surface area contributed by atoms with Crippen molar-refractivity contribution >= 4 is 33.5 Å². The Bertz CT molecular complexity index is 1470. The molecule has 5 aromatic rings. The van der Waals surface area contributed by atoms with Crippen LogP contribution in [0.3, 0.4) is 0 Å². The zero-order valence-corrected chi connectivity index (χ0v) is 25.8. The number of hydrogen-bond donors (Lipinski definition) is 0. The molecule has 0 fully saturated rings. The largest absolute Gasteiger partial charge is 1.00 e. The Kier molecular flexibility index (Phi) is 10.2. The minimum atomic E-state index is -1.27. The first-order chi connectivity index (χ1) is 16.5. The molecule has 166 valence electrons. The SMILES string of the molecule is O=C([O-])c1ccc(Oc2cccc(Oc3ccc(C(=O)[O-])c4ccccc34)n2)c2ccccc12.[K+].[K+]. The topological polar surface area (TPSA) is 112 Å². The van der Waals surface area contributed by atoms with Crippen LogP contribution in [0.4, 0.5) is 0 Å². The molecule has 0 aliphatic heterocycles. The normalized spacial score (nSPS) is 10.2. The number of pyridine rings is 1. The molecular formula is C27H15K2NO6. The van der Waals surface area contributed by atoms with Crippen molar-refractivity contribution in [2.45, 2.75) is 0 Å². The van der Waals surface area contributed by atoms with Crippen molar-refractivity contribution in [3.05, 3.63) is 102 Å². The zero-order valence-electron chi connectivity index (χ0n) is 19.6. The Morgan fingerprint density at radius 1 is 0.528 bits per heavy atom. The summed E-state index contributed by atoms with van der Waals surface area (Å²) in [4.78, 5) is 27.3. The van der Waals surface area contributed by atoms with Crippen LogP contribution in [0.1, 0.15) is 20.7 Å². The summed E-state index contributed by atoms with van der Waals surface area (Å²) in [6, 6.07) is 24.9. The quantitative estimate of drug-likeness (QED) is 0.229. The van der Waals surface area contributed by atoms with Crippen molar-refractivity contribution in [2.75, 3.05) is 0 Å². The van der Waals surface area contributed by atoms with Gasteiger partial charge in [-0.1, -0.05) is 54.6 Å². The number of ether oxygens (including phenoxy) is 2. The first kappa shape index (κ1) is 28.9. The van der Waals surface area contributed by atoms with E-state index in [1.807, 2.05) is 0 Å². The molecule has 1 aromatic heterocycles. The van der Waals surface area contributed by atoms with Gasteiger partial charge in [0.15, 0.2) is 0 Å². The monoisotopic (exact) mass is 527 g/mol. The van der Waals surface area contributed by atoms with Crippen LogP contribution in [-0.4, -0.2) is 16.9 Å². The van der Waals surface area contributed by atoms with Gasteiger partial charge in [-0.3, -0.25) is 0 Å². The first-order valence-corrected chi connectivity index (χ1v) is 10.3. The Morgan fingerprint density at radius 3 is 1.31 bits per heavy atom. The fourth-order valence-corrected chi connectivity index (χ4v) is 3.81. The van der Waals surface area contributed by atoms with E-state index in [1.54, 1.807) is 78.9 Å². The summed E-state index contributed by atoms with van der Waals surface area (Å²) >= 11 is 0. The third-order valence-electron chi connectivity index (χ3n) is 5.34. The first-order valence-electron chi connectivity index (χ1n) is 10.3. The summed E-state index contributed by atoms with van der Waals surface area (Å²) in [5.41, 5.74) is 0.139. The number of benzene rings is 4. The van der Waals surface area contributed by atoms with E-state index >= 15 is 0 Å². The predicted molar refractivity (Wildman–Crippen MR) is 121 cm³/mol. The van der Waals surface area contributed by atoms with Gasteiger partial charge < -0.3 is 29.3 Å². The number of aromatic nitrogens is 1. The third kappa shape index (κ3) is 6.08. The molecule has 0 radical (unpaired) electrons. The second-order valence-electron chi connectivity index (χ2n) is 7.41. The van der Waals surface area contributed by atoms with Gasteiger partial charge in [0.25, 0.3) is 0 Å². The molecular weight excluding hydrogens is 512 g/mol. The summed E-state index contributed by atoms with van der Waals surface area (Å²) in [6.07, 6.45) is 0. The minimum Gasteiger partial charge on any atom is -0.545 e. The van der Waals surface area contributed by atoms with Crippen LogP contribution >= 0.6 is 0 Å². The van der Waals surface area contributed by atoms with E-state index in [0.717, 1.165) is 0 Å². The molecule has 0 unspecified atom stereocenters. The molecule has 7 nitrogen and oxygen atoms in total. The second-order valence-corrected chi connectivity index (χ2v) is 7.41. The number of carboxylic acid groups (broad SMARTS) is 2. The Labute approximate surface area is 291 Å². The van der Waals surface area contributed by atoms with Crippen LogP contribution in [0, 0.1) is 0 Å². The van der Waals surface area contributed by atoms with E-state index in [-0.39, 0.29) is 126 Å². The Balaban J connectivity index is 0.00000180. The van der Waals surface area contributed by atoms with Crippen molar-refractivity contribution in [3.63, 3.8) is 0 Å². The van der Waals surface area contributed by atoms with Crippen molar-refractivity contribution in [1.82, 2.24) is 4.98 Å². The smallest absolute Gasteiger partial charge is 0.545 e. The van der Waals surface area contributed by atoms with E-state index in [2.05, 4.69) is 4.98 Å². The van der Waals surface area contributed by atoms with Gasteiger partial charge in [0.1, 0.15) is 11.5 Å². The molecule has 0 saturated carbocycles. The van der Waals surface area contributed by atoms with E-state index in [0.29, 0.717) is 33.0 Å². The summed E-state index contributed by atoms with van der Waals surface area (Å²) in [5, 5.41) is 25.1. The molecule has 36 heavy (non-hydrogen) atoms. The number of hydrogen-bond acceptors (Lipinski definition) is 7. The molecule has 0 saturated heterocycles. The van der Waals surface area contributed by atoms with E-state index in [4.69, 9.17) is 9.47 Å². The summed E-state index contributed by atoms with van der Waals surface area (Å²) in [7, 11) is 0. The molecule has 0 aliphatic rings. The standard InChI is InChI=1S/C27H17NO6.2K/c29-26(30)20-12-14-22(18-8-3-1-6-16(18)20)33-24-10-5-11-25(28-24)34-23-15-13-21(27(31)32)17-7-2-4-9-19(17)23;;/h1-15H,(H,29,30)(H,31,32);;/q;2*+1/p-2. The van der Waals surface area contributed by atoms with Gasteiger partial charge in [-0.2, -0.15) is 4.98 Å². The summed E-state index contributed by atoms with van der Waals surface area (Å²) < 4.78 is 11.9. The third-order valence-corrected chi connectivity index (χ3v) is 5.34. The number of rotatable bonds is 6. The summed E-state index contributed by atoms with van der Waals surface area (Å²) in [5.74, 6) is -1.22. The van der Waals surface area contributed by atoms with Crippen molar-refractivity contribution < 1.29 is 132 Å². The number of carbonyl (C=O) groups is 2. The molecule has 0 N–H and O–H groups in total. The average molecular weight is 528 g/mol. The van der Waals surface area contributed by atoms with Crippen molar-refractivity contribution in [1.29, 1.82) is 0 Å². The van der Waals surface area contributed by atoms with Gasteiger partial charge in [0.2, 0.25) is 11.8 Å². The van der Waals surface area contributed by atoms with Gasteiger partial charge in [0, 0.05) is 34.0 Å². The predicted octanol–water partition coefficient (Wildman–Crippen LogP) is -2.29. The Morgan fingerprint density at radius 2 is 0.917 bits per heavy atom. The maximum absolute atomic E-state index is 11.4. The van der Waals surface area contributed by atoms with Crippen LogP contribution in [0.2, 0.25) is 0 Å². The van der Waals surface area contributed by atoms with E-state index in [9.17, 15) is 19.8 Å². The molecule has 9 heteroatoms. The molecule has 0 amide bonds. The molecule has 0 spiro atoms.